The number of nitrogens with zero attached hydrogens (tertiary/aromatic N) is 1. The van der Waals surface area contributed by atoms with Gasteiger partial charge in [0, 0.05) is 19.1 Å². The van der Waals surface area contributed by atoms with Crippen molar-refractivity contribution in [2.45, 2.75) is 45.3 Å². The molecule has 0 bridgehead atoms. The first-order valence-corrected chi connectivity index (χ1v) is 5.57. The Morgan fingerprint density at radius 3 is 2.67 bits per heavy atom. The van der Waals surface area contributed by atoms with Gasteiger partial charge in [-0.05, 0) is 40.7 Å². The number of ether oxygens (including phenoxy) is 1. The molecular weight excluding hydrogens is 192 g/mol. The van der Waals surface area contributed by atoms with Crippen molar-refractivity contribution in [3.8, 4) is 0 Å². The van der Waals surface area contributed by atoms with Gasteiger partial charge in [0.2, 0.25) is 0 Å². The number of hydrogen-bond acceptors (Lipinski definition) is 3. The third-order valence-electron chi connectivity index (χ3n) is 2.48. The zero-order valence-electron chi connectivity index (χ0n) is 10.2. The van der Waals surface area contributed by atoms with Gasteiger partial charge in [-0.15, -0.1) is 0 Å². The Labute approximate surface area is 92.0 Å². The zero-order valence-corrected chi connectivity index (χ0v) is 10.2. The van der Waals surface area contributed by atoms with Crippen molar-refractivity contribution < 1.29 is 9.53 Å². The third-order valence-corrected chi connectivity index (χ3v) is 2.48. The van der Waals surface area contributed by atoms with Crippen LogP contribution in [0.1, 0.15) is 33.6 Å². The molecule has 0 aromatic carbocycles. The van der Waals surface area contributed by atoms with Crippen LogP contribution < -0.4 is 5.32 Å². The number of rotatable bonds is 1. The molecule has 15 heavy (non-hydrogen) atoms. The third kappa shape index (κ3) is 4.08. The molecule has 0 unspecified atom stereocenters. The van der Waals surface area contributed by atoms with E-state index in [1.807, 2.05) is 27.8 Å². The molecule has 0 aromatic rings. The molecule has 88 valence electrons. The lowest BCUT2D eigenvalue weighted by molar-refractivity contribution is 0.0190. The van der Waals surface area contributed by atoms with Gasteiger partial charge in [0.05, 0.1) is 0 Å². The van der Waals surface area contributed by atoms with E-state index in [-0.39, 0.29) is 6.09 Å². The van der Waals surface area contributed by atoms with Crippen LogP contribution in [0.5, 0.6) is 0 Å². The predicted octanol–water partition coefficient (Wildman–Crippen LogP) is 1.61. The average molecular weight is 214 g/mol. The Morgan fingerprint density at radius 2 is 2.13 bits per heavy atom. The summed E-state index contributed by atoms with van der Waals surface area (Å²) in [5.41, 5.74) is -0.399. The predicted molar refractivity (Wildman–Crippen MR) is 59.9 cm³/mol. The van der Waals surface area contributed by atoms with Crippen LogP contribution in [0.2, 0.25) is 0 Å². The lowest BCUT2D eigenvalue weighted by Gasteiger charge is -2.33. The highest BCUT2D eigenvalue weighted by atomic mass is 16.6. The minimum Gasteiger partial charge on any atom is -0.444 e. The van der Waals surface area contributed by atoms with Crippen molar-refractivity contribution in [1.82, 2.24) is 10.2 Å². The molecule has 0 saturated carbocycles. The number of likely N-dealkylation sites (N-methyl/N-ethyl adjacent to an activating group) is 1. The van der Waals surface area contributed by atoms with Crippen molar-refractivity contribution in [1.29, 1.82) is 0 Å². The first-order chi connectivity index (χ1) is 6.92. The molecule has 4 nitrogen and oxygen atoms in total. The summed E-state index contributed by atoms with van der Waals surface area (Å²) in [5, 5.41) is 3.20. The maximum absolute atomic E-state index is 11.8. The molecule has 1 fully saturated rings. The van der Waals surface area contributed by atoms with Crippen LogP contribution in [0, 0.1) is 0 Å². The Morgan fingerprint density at radius 1 is 1.47 bits per heavy atom. The van der Waals surface area contributed by atoms with E-state index in [4.69, 9.17) is 4.74 Å². The summed E-state index contributed by atoms with van der Waals surface area (Å²) in [6.45, 7) is 7.25. The second-order valence-electron chi connectivity index (χ2n) is 5.05. The topological polar surface area (TPSA) is 41.6 Å². The lowest BCUT2D eigenvalue weighted by atomic mass is 10.1. The molecule has 1 heterocycles. The van der Waals surface area contributed by atoms with Crippen molar-refractivity contribution >= 4 is 6.09 Å². The van der Waals surface area contributed by atoms with Crippen molar-refractivity contribution in [2.75, 3.05) is 20.1 Å². The van der Waals surface area contributed by atoms with E-state index in [2.05, 4.69) is 5.32 Å². The van der Waals surface area contributed by atoms with E-state index in [9.17, 15) is 4.79 Å². The number of piperidine rings is 1. The fraction of sp³-hybridized carbons (Fsp3) is 0.909. The maximum Gasteiger partial charge on any atom is 0.410 e. The normalized spacial score (nSPS) is 22.7. The number of carbonyl (C=O) groups is 1. The monoisotopic (exact) mass is 214 g/mol. The van der Waals surface area contributed by atoms with E-state index < -0.39 is 5.60 Å². The van der Waals surface area contributed by atoms with Gasteiger partial charge >= 0.3 is 6.09 Å². The highest BCUT2D eigenvalue weighted by Gasteiger charge is 2.26. The molecule has 1 N–H and O–H groups in total. The molecular formula is C11H22N2O2. The molecule has 1 rings (SSSR count). The highest BCUT2D eigenvalue weighted by Crippen LogP contribution is 2.14. The molecule has 1 aliphatic heterocycles. The summed E-state index contributed by atoms with van der Waals surface area (Å²) in [6, 6.07) is 0.409. The molecule has 4 heteroatoms. The van der Waals surface area contributed by atoms with Gasteiger partial charge in [-0.3, -0.25) is 0 Å². The zero-order chi connectivity index (χ0) is 11.5. The molecule has 0 aliphatic carbocycles. The summed E-state index contributed by atoms with van der Waals surface area (Å²) >= 11 is 0. The second kappa shape index (κ2) is 4.84. The van der Waals surface area contributed by atoms with Crippen molar-refractivity contribution in [3.05, 3.63) is 0 Å². The van der Waals surface area contributed by atoms with E-state index in [1.54, 1.807) is 4.90 Å². The summed E-state index contributed by atoms with van der Waals surface area (Å²) < 4.78 is 5.33. The standard InChI is InChI=1S/C11H22N2O2/c1-11(2,3)15-10(14)13-7-5-6-9(8-13)12-4/h9,12H,5-8H2,1-4H3/t9-/m0/s1. The molecule has 1 atom stereocenters. The smallest absolute Gasteiger partial charge is 0.410 e. The Bertz CT molecular complexity index is 223. The van der Waals surface area contributed by atoms with Crippen LogP contribution in [0.25, 0.3) is 0 Å². The van der Waals surface area contributed by atoms with Gasteiger partial charge in [0.15, 0.2) is 0 Å². The van der Waals surface area contributed by atoms with Crippen LogP contribution in [0.15, 0.2) is 0 Å². The van der Waals surface area contributed by atoms with Crippen LogP contribution in [-0.4, -0.2) is 42.8 Å². The van der Waals surface area contributed by atoms with E-state index >= 15 is 0 Å². The minimum absolute atomic E-state index is 0.192. The molecule has 1 aliphatic rings. The molecule has 0 radical (unpaired) electrons. The SMILES string of the molecule is CN[C@H]1CCCN(C(=O)OC(C)(C)C)C1. The molecule has 0 aromatic heterocycles. The van der Waals surface area contributed by atoms with Crippen molar-refractivity contribution in [3.63, 3.8) is 0 Å². The fourth-order valence-electron chi connectivity index (χ4n) is 1.71. The van der Waals surface area contributed by atoms with Crippen LogP contribution in [-0.2, 0) is 4.74 Å². The van der Waals surface area contributed by atoms with Gasteiger partial charge in [-0.2, -0.15) is 0 Å². The van der Waals surface area contributed by atoms with E-state index in [0.717, 1.165) is 25.9 Å². The van der Waals surface area contributed by atoms with E-state index in [0.29, 0.717) is 6.04 Å². The van der Waals surface area contributed by atoms with Crippen LogP contribution in [0.3, 0.4) is 0 Å². The molecule has 1 saturated heterocycles. The first kappa shape index (κ1) is 12.3. The lowest BCUT2D eigenvalue weighted by Crippen LogP contribution is -2.48. The summed E-state index contributed by atoms with van der Waals surface area (Å²) in [6.07, 6.45) is 1.99. The van der Waals surface area contributed by atoms with Gasteiger partial charge in [0.25, 0.3) is 0 Å². The summed E-state index contributed by atoms with van der Waals surface area (Å²) in [7, 11) is 1.93. The Kier molecular flexibility index (Phi) is 3.97. The second-order valence-corrected chi connectivity index (χ2v) is 5.05. The number of likely N-dealkylation sites (tertiary alicyclic amines) is 1. The fourth-order valence-corrected chi connectivity index (χ4v) is 1.71. The Hall–Kier alpha value is -0.770. The number of nitrogens with one attached hydrogen (secondary N) is 1. The first-order valence-electron chi connectivity index (χ1n) is 5.57. The Balaban J connectivity index is 2.45. The van der Waals surface area contributed by atoms with Gasteiger partial charge in [-0.25, -0.2) is 4.79 Å². The molecule has 1 amide bonds. The van der Waals surface area contributed by atoms with Gasteiger partial charge in [0.1, 0.15) is 5.60 Å². The van der Waals surface area contributed by atoms with E-state index in [1.165, 1.54) is 0 Å². The number of carbonyl (C=O) groups excluding carboxylic acids is 1. The average Bonchev–Trinajstić information content (AvgIpc) is 2.15. The van der Waals surface area contributed by atoms with Crippen LogP contribution >= 0.6 is 0 Å². The largest absolute Gasteiger partial charge is 0.444 e. The van der Waals surface area contributed by atoms with Gasteiger partial charge < -0.3 is 15.0 Å². The maximum atomic E-state index is 11.8. The number of hydrogen-bond donors (Lipinski definition) is 1. The minimum atomic E-state index is -0.399. The van der Waals surface area contributed by atoms with Crippen LogP contribution in [0.4, 0.5) is 4.79 Å². The molecule has 0 spiro atoms. The summed E-state index contributed by atoms with van der Waals surface area (Å²) in [5.74, 6) is 0. The number of amides is 1. The summed E-state index contributed by atoms with van der Waals surface area (Å²) in [4.78, 5) is 13.5. The quantitative estimate of drug-likeness (QED) is 0.721. The van der Waals surface area contributed by atoms with Gasteiger partial charge in [-0.1, -0.05) is 0 Å². The highest BCUT2D eigenvalue weighted by molar-refractivity contribution is 5.68. The van der Waals surface area contributed by atoms with Crippen molar-refractivity contribution in [2.24, 2.45) is 0 Å².